The smallest absolute Gasteiger partial charge is 0.346 e. The minimum Gasteiger partial charge on any atom is -0.477 e. The number of aromatic nitrogens is 3. The van der Waals surface area contributed by atoms with E-state index in [9.17, 15) is 9.59 Å². The van der Waals surface area contributed by atoms with Crippen molar-refractivity contribution in [1.82, 2.24) is 14.8 Å². The highest BCUT2D eigenvalue weighted by Gasteiger charge is 2.15. The number of aromatic carboxylic acids is 1. The number of carbonyl (C=O) groups is 1. The second-order valence-electron chi connectivity index (χ2n) is 4.14. The predicted octanol–water partition coefficient (Wildman–Crippen LogP) is 2.20. The van der Waals surface area contributed by atoms with E-state index in [1.165, 1.54) is 23.1 Å². The molecule has 0 aliphatic rings. The van der Waals surface area contributed by atoms with Crippen LogP contribution in [0.4, 0.5) is 0 Å². The van der Waals surface area contributed by atoms with Gasteiger partial charge >= 0.3 is 11.7 Å². The van der Waals surface area contributed by atoms with Gasteiger partial charge in [0.15, 0.2) is 5.16 Å². The summed E-state index contributed by atoms with van der Waals surface area (Å²) in [5, 5.41) is 17.7. The minimum absolute atomic E-state index is 0.00942. The highest BCUT2D eigenvalue weighted by atomic mass is 32.2. The molecule has 2 aromatic heterocycles. The maximum atomic E-state index is 11.6. The Morgan fingerprint density at radius 3 is 3.00 bits per heavy atom. The van der Waals surface area contributed by atoms with E-state index in [4.69, 9.17) is 5.11 Å². The van der Waals surface area contributed by atoms with E-state index < -0.39 is 5.97 Å². The summed E-state index contributed by atoms with van der Waals surface area (Å²) in [5.41, 5.74) is 0.495. The highest BCUT2D eigenvalue weighted by Crippen LogP contribution is 2.26. The van der Waals surface area contributed by atoms with Crippen LogP contribution in [0.25, 0.3) is 0 Å². The van der Waals surface area contributed by atoms with Crippen molar-refractivity contribution in [2.75, 3.05) is 0 Å². The Labute approximate surface area is 117 Å². The summed E-state index contributed by atoms with van der Waals surface area (Å²) < 4.78 is 1.55. The van der Waals surface area contributed by atoms with Crippen molar-refractivity contribution in [3.8, 4) is 0 Å². The number of aromatic amines is 1. The van der Waals surface area contributed by atoms with Crippen LogP contribution in [0.15, 0.2) is 21.4 Å². The molecule has 0 aliphatic heterocycles. The molecular weight excluding hydrogens is 286 g/mol. The van der Waals surface area contributed by atoms with Gasteiger partial charge in [-0.15, -0.1) is 16.4 Å². The van der Waals surface area contributed by atoms with Gasteiger partial charge in [-0.1, -0.05) is 11.8 Å². The average molecular weight is 299 g/mol. The fourth-order valence-electron chi connectivity index (χ4n) is 1.63. The van der Waals surface area contributed by atoms with Gasteiger partial charge < -0.3 is 5.11 Å². The van der Waals surface area contributed by atoms with Crippen molar-refractivity contribution in [3.63, 3.8) is 0 Å². The Balaban J connectivity index is 2.17. The Kier molecular flexibility index (Phi) is 4.11. The highest BCUT2D eigenvalue weighted by molar-refractivity contribution is 7.98. The summed E-state index contributed by atoms with van der Waals surface area (Å²) in [4.78, 5) is 22.9. The van der Waals surface area contributed by atoms with Gasteiger partial charge in [-0.05, 0) is 30.9 Å². The van der Waals surface area contributed by atoms with Crippen LogP contribution in [0.5, 0.6) is 0 Å². The molecule has 0 spiro atoms. The molecule has 0 amide bonds. The lowest BCUT2D eigenvalue weighted by Gasteiger charge is -2.08. The first kappa shape index (κ1) is 13.9. The number of carboxylic acid groups (broad SMARTS) is 1. The van der Waals surface area contributed by atoms with Crippen molar-refractivity contribution in [1.29, 1.82) is 0 Å². The standard InChI is InChI=1S/C11H13N3O3S2/c1-6(2)14-10(17)12-13-11(14)19-5-7-3-4-18-8(7)9(15)16/h3-4,6H,5H2,1-2H3,(H,12,17)(H,15,16). The third-order valence-electron chi connectivity index (χ3n) is 2.49. The molecule has 8 heteroatoms. The zero-order chi connectivity index (χ0) is 14.0. The molecule has 19 heavy (non-hydrogen) atoms. The van der Waals surface area contributed by atoms with Crippen LogP contribution in [0, 0.1) is 0 Å². The summed E-state index contributed by atoms with van der Waals surface area (Å²) in [6, 6.07) is 1.79. The first-order valence-corrected chi connectivity index (χ1v) is 7.46. The largest absolute Gasteiger partial charge is 0.477 e. The van der Waals surface area contributed by atoms with Crippen molar-refractivity contribution >= 4 is 29.1 Å². The number of hydrogen-bond donors (Lipinski definition) is 2. The quantitative estimate of drug-likeness (QED) is 0.826. The molecule has 2 N–H and O–H groups in total. The molecule has 2 rings (SSSR count). The molecule has 0 aliphatic carbocycles. The Bertz CT molecular complexity index is 642. The van der Waals surface area contributed by atoms with Crippen molar-refractivity contribution in [2.45, 2.75) is 30.8 Å². The second-order valence-corrected chi connectivity index (χ2v) is 6.00. The van der Waals surface area contributed by atoms with Gasteiger partial charge in [-0.2, -0.15) is 0 Å². The van der Waals surface area contributed by atoms with Gasteiger partial charge in [-0.25, -0.2) is 14.7 Å². The first-order valence-electron chi connectivity index (χ1n) is 5.60. The van der Waals surface area contributed by atoms with Gasteiger partial charge in [0.05, 0.1) is 0 Å². The normalized spacial score (nSPS) is 11.1. The summed E-state index contributed by atoms with van der Waals surface area (Å²) >= 11 is 2.55. The maximum Gasteiger partial charge on any atom is 0.346 e. The van der Waals surface area contributed by atoms with Crippen LogP contribution in [-0.2, 0) is 5.75 Å². The topological polar surface area (TPSA) is 88.0 Å². The van der Waals surface area contributed by atoms with Crippen molar-refractivity contribution in [2.24, 2.45) is 0 Å². The fraction of sp³-hybridized carbons (Fsp3) is 0.364. The minimum atomic E-state index is -0.922. The molecule has 0 bridgehead atoms. The molecule has 0 saturated heterocycles. The zero-order valence-corrected chi connectivity index (χ0v) is 12.0. The lowest BCUT2D eigenvalue weighted by atomic mass is 10.3. The van der Waals surface area contributed by atoms with E-state index in [1.54, 1.807) is 16.0 Å². The number of carboxylic acids is 1. The summed E-state index contributed by atoms with van der Waals surface area (Å²) in [6.07, 6.45) is 0. The zero-order valence-electron chi connectivity index (χ0n) is 10.4. The Morgan fingerprint density at radius 2 is 2.37 bits per heavy atom. The molecule has 0 radical (unpaired) electrons. The molecular formula is C11H13N3O3S2. The molecule has 0 unspecified atom stereocenters. The maximum absolute atomic E-state index is 11.6. The van der Waals surface area contributed by atoms with Crippen LogP contribution in [0.1, 0.15) is 35.1 Å². The van der Waals surface area contributed by atoms with E-state index in [-0.39, 0.29) is 11.7 Å². The Hall–Kier alpha value is -1.54. The number of nitrogens with zero attached hydrogens (tertiary/aromatic N) is 2. The number of nitrogens with one attached hydrogen (secondary N) is 1. The lowest BCUT2D eigenvalue weighted by Crippen LogP contribution is -2.19. The van der Waals surface area contributed by atoms with Crippen molar-refractivity contribution in [3.05, 3.63) is 32.4 Å². The van der Waals surface area contributed by atoms with Crippen LogP contribution >= 0.6 is 23.1 Å². The van der Waals surface area contributed by atoms with Crippen LogP contribution in [0.3, 0.4) is 0 Å². The van der Waals surface area contributed by atoms with Crippen LogP contribution in [0.2, 0.25) is 0 Å². The molecule has 0 aromatic carbocycles. The molecule has 102 valence electrons. The van der Waals surface area contributed by atoms with Crippen LogP contribution in [-0.4, -0.2) is 25.8 Å². The lowest BCUT2D eigenvalue weighted by molar-refractivity contribution is 0.0701. The van der Waals surface area contributed by atoms with Crippen LogP contribution < -0.4 is 5.69 Å². The second kappa shape index (κ2) is 5.62. The van der Waals surface area contributed by atoms with Gasteiger partial charge in [0.1, 0.15) is 4.88 Å². The fourth-order valence-corrected chi connectivity index (χ4v) is 3.55. The van der Waals surface area contributed by atoms with E-state index in [2.05, 4.69) is 10.2 Å². The monoisotopic (exact) mass is 299 g/mol. The van der Waals surface area contributed by atoms with E-state index in [1.807, 2.05) is 13.8 Å². The van der Waals surface area contributed by atoms with Crippen molar-refractivity contribution < 1.29 is 9.90 Å². The first-order chi connectivity index (χ1) is 9.00. The number of rotatable bonds is 5. The van der Waals surface area contributed by atoms with Gasteiger partial charge in [0, 0.05) is 11.8 Å². The van der Waals surface area contributed by atoms with Gasteiger partial charge in [0.2, 0.25) is 0 Å². The molecule has 0 fully saturated rings. The molecule has 2 aromatic rings. The van der Waals surface area contributed by atoms with E-state index in [0.29, 0.717) is 15.8 Å². The van der Waals surface area contributed by atoms with Gasteiger partial charge in [0.25, 0.3) is 0 Å². The molecule has 0 atom stereocenters. The molecule has 6 nitrogen and oxygen atoms in total. The number of hydrogen-bond acceptors (Lipinski definition) is 5. The number of thioether (sulfide) groups is 1. The van der Waals surface area contributed by atoms with Gasteiger partial charge in [-0.3, -0.25) is 4.57 Å². The van der Waals surface area contributed by atoms with E-state index >= 15 is 0 Å². The predicted molar refractivity (Wildman–Crippen MR) is 74.1 cm³/mol. The summed E-state index contributed by atoms with van der Waals surface area (Å²) in [5.74, 6) is -0.448. The Morgan fingerprint density at radius 1 is 1.63 bits per heavy atom. The SMILES string of the molecule is CC(C)n1c(SCc2ccsc2C(=O)O)n[nH]c1=O. The molecule has 0 saturated carbocycles. The third-order valence-corrected chi connectivity index (χ3v) is 4.43. The average Bonchev–Trinajstić information content (AvgIpc) is 2.92. The third kappa shape index (κ3) is 2.90. The summed E-state index contributed by atoms with van der Waals surface area (Å²) in [7, 11) is 0. The van der Waals surface area contributed by atoms with E-state index in [0.717, 1.165) is 5.56 Å². The molecule has 2 heterocycles. The summed E-state index contributed by atoms with van der Waals surface area (Å²) in [6.45, 7) is 3.79. The number of H-pyrrole nitrogens is 1. The number of thiophene rings is 1.